The van der Waals surface area contributed by atoms with Crippen LogP contribution in [0, 0.1) is 12.3 Å². The first-order valence-corrected chi connectivity index (χ1v) is 16.6. The fourth-order valence-electron chi connectivity index (χ4n) is 7.03. The predicted octanol–water partition coefficient (Wildman–Crippen LogP) is 2.31. The van der Waals surface area contributed by atoms with Crippen LogP contribution in [0.3, 0.4) is 0 Å². The molecule has 2 aliphatic rings. The third-order valence-electron chi connectivity index (χ3n) is 9.27. The van der Waals surface area contributed by atoms with Gasteiger partial charge < -0.3 is 47.2 Å². The predicted molar refractivity (Wildman–Crippen MR) is 209 cm³/mol. The van der Waals surface area contributed by atoms with E-state index < -0.39 is 0 Å². The van der Waals surface area contributed by atoms with Crippen molar-refractivity contribution in [2.24, 2.45) is 0 Å². The second kappa shape index (κ2) is 17.1. The molecule has 268 valence electrons. The van der Waals surface area contributed by atoms with Crippen molar-refractivity contribution in [1.29, 1.82) is 0 Å². The Morgan fingerprint density at radius 1 is 0.407 bits per heavy atom. The van der Waals surface area contributed by atoms with Gasteiger partial charge in [0.1, 0.15) is 0 Å². The molecule has 0 atom stereocenters. The van der Waals surface area contributed by atoms with Crippen LogP contribution in [-0.4, -0.2) is 19.9 Å². The van der Waals surface area contributed by atoms with Gasteiger partial charge in [0.2, 0.25) is 0 Å². The molecule has 3 aromatic heterocycles. The van der Waals surface area contributed by atoms with E-state index in [1.807, 2.05) is 36.4 Å². The minimum atomic E-state index is 0. The van der Waals surface area contributed by atoms with Gasteiger partial charge in [-0.1, -0.05) is 127 Å². The van der Waals surface area contributed by atoms with Gasteiger partial charge in [0.15, 0.2) is 0 Å². The van der Waals surface area contributed by atoms with E-state index in [1.165, 1.54) is 0 Å². The van der Waals surface area contributed by atoms with Gasteiger partial charge >= 0.3 is 0 Å². The molecule has 4 aromatic carbocycles. The number of terminal acetylenes is 1. The zero-order valence-electron chi connectivity index (χ0n) is 28.5. The normalized spacial score (nSPS) is 10.9. The number of halogens is 3. The van der Waals surface area contributed by atoms with Crippen LogP contribution in [0.4, 0.5) is 0 Å². The van der Waals surface area contributed by atoms with Crippen molar-refractivity contribution in [2.45, 2.75) is 0 Å². The van der Waals surface area contributed by atoms with E-state index in [-0.39, 0.29) is 57.6 Å². The third-order valence-corrected chi connectivity index (χ3v) is 9.27. The first-order chi connectivity index (χ1) is 24.7. The maximum atomic E-state index is 6.29. The van der Waals surface area contributed by atoms with Crippen molar-refractivity contribution >= 4 is 46.4 Å². The second-order valence-corrected chi connectivity index (χ2v) is 12.3. The smallest absolute Gasteiger partial charge is 0.0737 e. The molecular formula is C46H30Cl3N4Pd-3. The van der Waals surface area contributed by atoms with E-state index in [4.69, 9.17) is 16.4 Å². The summed E-state index contributed by atoms with van der Waals surface area (Å²) in [4.78, 5) is 18.3. The summed E-state index contributed by atoms with van der Waals surface area (Å²) in [5.41, 5.74) is 15.9. The van der Waals surface area contributed by atoms with E-state index in [0.29, 0.717) is 0 Å². The Hall–Kier alpha value is -5.43. The Morgan fingerprint density at radius 2 is 0.741 bits per heavy atom. The van der Waals surface area contributed by atoms with Crippen LogP contribution in [0.1, 0.15) is 28.3 Å². The van der Waals surface area contributed by atoms with Crippen LogP contribution in [0.15, 0.2) is 140 Å². The molecule has 2 N–H and O–H groups in total. The van der Waals surface area contributed by atoms with Crippen LogP contribution < -0.4 is 37.2 Å². The maximum absolute atomic E-state index is 6.29. The number of hydrogen-bond acceptors (Lipinski definition) is 2. The molecule has 7 aromatic rings. The molecular weight excluding hydrogens is 821 g/mol. The molecule has 0 saturated carbocycles. The van der Waals surface area contributed by atoms with Crippen molar-refractivity contribution in [3.05, 3.63) is 168 Å². The summed E-state index contributed by atoms with van der Waals surface area (Å²) in [6.07, 6.45) is 14.7. The molecule has 8 heteroatoms. The van der Waals surface area contributed by atoms with Crippen molar-refractivity contribution in [2.75, 3.05) is 0 Å². The van der Waals surface area contributed by atoms with Gasteiger partial charge in [0.25, 0.3) is 0 Å². The topological polar surface area (TPSA) is 57.4 Å². The Kier molecular flexibility index (Phi) is 12.6. The quantitative estimate of drug-likeness (QED) is 0.211. The number of fused-ring (bicyclic) bond motifs is 8. The first kappa shape index (κ1) is 39.8. The van der Waals surface area contributed by atoms with Crippen LogP contribution in [0.5, 0.6) is 0 Å². The molecule has 0 saturated heterocycles. The average Bonchev–Trinajstić information content (AvgIpc) is 4.00. The SMILES string of the molecule is C#Cc1cc2[nH]c1c(-c1ccccc1)c1nc(c(-c3ccccc3)c3ccc([nH]3)c(-c3ccccc3)c3nc(c2-c2ccccc2)C=C3)C=C1.[Cl-].[Cl-].[Cl-].[Pd]. The van der Waals surface area contributed by atoms with Crippen molar-refractivity contribution in [3.63, 3.8) is 0 Å². The van der Waals surface area contributed by atoms with Crippen LogP contribution >= 0.6 is 0 Å². The van der Waals surface area contributed by atoms with E-state index in [0.717, 1.165) is 94.9 Å². The van der Waals surface area contributed by atoms with Crippen LogP contribution in [0.25, 0.3) is 90.9 Å². The Balaban J connectivity index is 0.00000140. The summed E-state index contributed by atoms with van der Waals surface area (Å²) in [5.74, 6) is 2.99. The number of aromatic nitrogens is 4. The third kappa shape index (κ3) is 7.24. The number of hydrogen-bond donors (Lipinski definition) is 2. The summed E-state index contributed by atoms with van der Waals surface area (Å²) >= 11 is 0. The summed E-state index contributed by atoms with van der Waals surface area (Å²) < 4.78 is 0. The van der Waals surface area contributed by atoms with E-state index >= 15 is 0 Å². The molecule has 9 rings (SSSR count). The zero-order chi connectivity index (χ0) is 33.4. The maximum Gasteiger partial charge on any atom is 0.0737 e. The summed E-state index contributed by atoms with van der Waals surface area (Å²) in [5, 5.41) is 0. The Labute approximate surface area is 346 Å². The van der Waals surface area contributed by atoms with Gasteiger partial charge in [-0.2, -0.15) is 0 Å². The van der Waals surface area contributed by atoms with Crippen molar-refractivity contribution in [3.8, 4) is 56.9 Å². The van der Waals surface area contributed by atoms with Gasteiger partial charge in [0.05, 0.1) is 33.9 Å². The molecule has 0 unspecified atom stereocenters. The molecule has 0 amide bonds. The standard InChI is InChI=1S/C46H30N4.3ClH.Pd/c1-2-30-29-41-44(33-19-11-5-12-20-33)39-26-25-37(48-39)42(31-15-7-3-8-16-31)35-23-24-36(47-35)43(32-17-9-4-10-18-32)38-27-28-40(49-38)45(46(30)50-41)34-21-13-6-14-22-34;;;;/h1,3-29,47,50H;3*1H;/p-3. The van der Waals surface area contributed by atoms with Gasteiger partial charge in [-0.15, -0.1) is 6.42 Å². The fourth-order valence-corrected chi connectivity index (χ4v) is 7.03. The monoisotopic (exact) mass is 849 g/mol. The number of H-pyrrole nitrogens is 2. The van der Waals surface area contributed by atoms with Gasteiger partial charge in [-0.05, 0) is 64.8 Å². The van der Waals surface area contributed by atoms with Crippen molar-refractivity contribution < 1.29 is 57.6 Å². The first-order valence-electron chi connectivity index (χ1n) is 16.6. The summed E-state index contributed by atoms with van der Waals surface area (Å²) in [7, 11) is 0. The van der Waals surface area contributed by atoms with E-state index in [1.54, 1.807) is 0 Å². The summed E-state index contributed by atoms with van der Waals surface area (Å²) in [6.45, 7) is 0. The number of benzene rings is 4. The minimum absolute atomic E-state index is 0. The van der Waals surface area contributed by atoms with Crippen LogP contribution in [-0.2, 0) is 20.4 Å². The molecule has 0 fully saturated rings. The Bertz CT molecular complexity index is 2700. The van der Waals surface area contributed by atoms with Crippen molar-refractivity contribution in [1.82, 2.24) is 19.9 Å². The number of nitrogens with zero attached hydrogens (tertiary/aromatic N) is 2. The molecule has 2 aliphatic heterocycles. The molecule has 0 radical (unpaired) electrons. The number of aromatic amines is 2. The molecule has 54 heavy (non-hydrogen) atoms. The van der Waals surface area contributed by atoms with E-state index in [9.17, 15) is 0 Å². The summed E-state index contributed by atoms with van der Waals surface area (Å²) in [6, 6.07) is 47.9. The molecule has 8 bridgehead atoms. The largest absolute Gasteiger partial charge is 1.00 e. The van der Waals surface area contributed by atoms with Gasteiger partial charge in [-0.25, -0.2) is 9.97 Å². The molecule has 0 spiro atoms. The van der Waals surface area contributed by atoms with Crippen LogP contribution in [0.2, 0.25) is 0 Å². The van der Waals surface area contributed by atoms with E-state index in [2.05, 4.69) is 143 Å². The molecule has 4 nitrogen and oxygen atoms in total. The second-order valence-electron chi connectivity index (χ2n) is 12.3. The average molecular weight is 852 g/mol. The minimum Gasteiger partial charge on any atom is -1.00 e. The Morgan fingerprint density at radius 3 is 1.11 bits per heavy atom. The number of rotatable bonds is 4. The fraction of sp³-hybridized carbons (Fsp3) is 0. The molecule has 0 aliphatic carbocycles. The van der Waals surface area contributed by atoms with Gasteiger partial charge in [-0.3, -0.25) is 0 Å². The zero-order valence-corrected chi connectivity index (χ0v) is 32.3. The molecule has 5 heterocycles. The number of nitrogens with one attached hydrogen (secondary N) is 2. The van der Waals surface area contributed by atoms with Gasteiger partial charge in [0, 0.05) is 59.2 Å².